The van der Waals surface area contributed by atoms with Gasteiger partial charge in [-0.2, -0.15) is 0 Å². The van der Waals surface area contributed by atoms with E-state index < -0.39 is 29.8 Å². The maximum Gasteiger partial charge on any atom is 0.408 e. The number of ether oxygens (including phenoxy) is 2. The molecule has 22 heavy (non-hydrogen) atoms. The van der Waals surface area contributed by atoms with Crippen LogP contribution in [-0.4, -0.2) is 36.0 Å². The van der Waals surface area contributed by atoms with Crippen LogP contribution in [0.4, 0.5) is 10.5 Å². The summed E-state index contributed by atoms with van der Waals surface area (Å²) in [6.07, 6.45) is -2.32. The molecule has 1 rings (SSSR count). The molecule has 2 unspecified atom stereocenters. The molecular formula is C15H22N2O5. The van der Waals surface area contributed by atoms with Crippen molar-refractivity contribution in [2.24, 2.45) is 0 Å². The van der Waals surface area contributed by atoms with Crippen molar-refractivity contribution in [3.05, 3.63) is 29.8 Å². The number of aliphatic hydroxyl groups is 1. The lowest BCUT2D eigenvalue weighted by atomic mass is 10.0. The van der Waals surface area contributed by atoms with Crippen molar-refractivity contribution in [2.75, 3.05) is 12.8 Å². The second kappa shape index (κ2) is 7.13. The predicted molar refractivity (Wildman–Crippen MR) is 81.0 cm³/mol. The third-order valence-electron chi connectivity index (χ3n) is 2.73. The molecular weight excluding hydrogens is 288 g/mol. The highest BCUT2D eigenvalue weighted by Gasteiger charge is 2.31. The number of anilines is 1. The van der Waals surface area contributed by atoms with E-state index in [0.29, 0.717) is 11.3 Å². The number of nitrogens with two attached hydrogens (primary N) is 1. The average Bonchev–Trinajstić information content (AvgIpc) is 2.42. The fraction of sp³-hybridized carbons (Fsp3) is 0.467. The number of benzene rings is 1. The summed E-state index contributed by atoms with van der Waals surface area (Å²) in [5.41, 5.74) is 5.92. The molecule has 0 spiro atoms. The number of carbonyl (C=O) groups is 2. The van der Waals surface area contributed by atoms with E-state index in [2.05, 4.69) is 10.1 Å². The number of nitrogen functional groups attached to an aromatic ring is 1. The van der Waals surface area contributed by atoms with Gasteiger partial charge in [-0.3, -0.25) is 0 Å². The third kappa shape index (κ3) is 5.25. The van der Waals surface area contributed by atoms with Crippen LogP contribution in [0.5, 0.6) is 0 Å². The molecule has 122 valence electrons. The van der Waals surface area contributed by atoms with E-state index in [0.717, 1.165) is 7.11 Å². The smallest absolute Gasteiger partial charge is 0.408 e. The Hall–Kier alpha value is -2.28. The number of carbonyl (C=O) groups excluding carboxylic acids is 2. The number of nitrogens with one attached hydrogen (secondary N) is 1. The fourth-order valence-electron chi connectivity index (χ4n) is 1.74. The predicted octanol–water partition coefficient (Wildman–Crippen LogP) is 1.37. The Morgan fingerprint density at radius 1 is 1.23 bits per heavy atom. The molecule has 0 radical (unpaired) electrons. The first kappa shape index (κ1) is 17.8. The summed E-state index contributed by atoms with van der Waals surface area (Å²) in [5, 5.41) is 12.5. The molecule has 0 aliphatic heterocycles. The monoisotopic (exact) mass is 310 g/mol. The van der Waals surface area contributed by atoms with Crippen LogP contribution in [0.2, 0.25) is 0 Å². The molecule has 0 bridgehead atoms. The van der Waals surface area contributed by atoms with Crippen LogP contribution in [-0.2, 0) is 14.3 Å². The summed E-state index contributed by atoms with van der Waals surface area (Å²) in [4.78, 5) is 23.5. The SMILES string of the molecule is COC(=O)C(O)C(NC(=O)OC(C)(C)C)c1ccc(N)cc1. The van der Waals surface area contributed by atoms with E-state index in [9.17, 15) is 14.7 Å². The average molecular weight is 310 g/mol. The lowest BCUT2D eigenvalue weighted by molar-refractivity contribution is -0.152. The largest absolute Gasteiger partial charge is 0.467 e. The summed E-state index contributed by atoms with van der Waals surface area (Å²) >= 11 is 0. The number of esters is 1. The molecule has 0 saturated heterocycles. The number of hydrogen-bond acceptors (Lipinski definition) is 6. The van der Waals surface area contributed by atoms with Crippen molar-refractivity contribution in [1.29, 1.82) is 0 Å². The highest BCUT2D eigenvalue weighted by molar-refractivity contribution is 5.77. The van der Waals surface area contributed by atoms with Gasteiger partial charge >= 0.3 is 12.1 Å². The minimum atomic E-state index is -1.57. The van der Waals surface area contributed by atoms with Gasteiger partial charge in [0.2, 0.25) is 0 Å². The van der Waals surface area contributed by atoms with Gasteiger partial charge in [0.1, 0.15) is 5.60 Å². The number of rotatable bonds is 4. The summed E-state index contributed by atoms with van der Waals surface area (Å²) in [6, 6.07) is 5.39. The van der Waals surface area contributed by atoms with Gasteiger partial charge in [0.05, 0.1) is 13.2 Å². The standard InChI is InChI=1S/C15H22N2O5/c1-15(2,3)22-14(20)17-11(12(18)13(19)21-4)9-5-7-10(16)8-6-9/h5-8,11-12,18H,16H2,1-4H3,(H,17,20). The minimum Gasteiger partial charge on any atom is -0.467 e. The van der Waals surface area contributed by atoms with Gasteiger partial charge in [-0.05, 0) is 38.5 Å². The lowest BCUT2D eigenvalue weighted by Gasteiger charge is -2.26. The summed E-state index contributed by atoms with van der Waals surface area (Å²) in [6.45, 7) is 5.13. The number of methoxy groups -OCH3 is 1. The fourth-order valence-corrected chi connectivity index (χ4v) is 1.74. The number of aliphatic hydroxyl groups excluding tert-OH is 1. The second-order valence-electron chi connectivity index (χ2n) is 5.76. The summed E-state index contributed by atoms with van der Waals surface area (Å²) in [5.74, 6) is -0.863. The van der Waals surface area contributed by atoms with Gasteiger partial charge in [-0.1, -0.05) is 12.1 Å². The zero-order chi connectivity index (χ0) is 16.9. The number of hydrogen-bond donors (Lipinski definition) is 3. The molecule has 0 saturated carbocycles. The first-order valence-corrected chi connectivity index (χ1v) is 6.75. The zero-order valence-electron chi connectivity index (χ0n) is 13.1. The van der Waals surface area contributed by atoms with Gasteiger partial charge in [-0.15, -0.1) is 0 Å². The molecule has 4 N–H and O–H groups in total. The maximum atomic E-state index is 11.9. The molecule has 2 atom stereocenters. The van der Waals surface area contributed by atoms with Gasteiger partial charge in [0.15, 0.2) is 6.10 Å². The molecule has 0 aliphatic rings. The first-order valence-electron chi connectivity index (χ1n) is 6.75. The molecule has 1 aromatic carbocycles. The topological polar surface area (TPSA) is 111 Å². The lowest BCUT2D eigenvalue weighted by Crippen LogP contribution is -2.43. The maximum absolute atomic E-state index is 11.9. The van der Waals surface area contributed by atoms with Gasteiger partial charge in [0.25, 0.3) is 0 Å². The molecule has 1 amide bonds. The Balaban J connectivity index is 2.99. The van der Waals surface area contributed by atoms with E-state index in [1.807, 2.05) is 0 Å². The third-order valence-corrected chi connectivity index (χ3v) is 2.73. The molecule has 0 aliphatic carbocycles. The Labute approximate surface area is 129 Å². The van der Waals surface area contributed by atoms with Crippen molar-refractivity contribution in [1.82, 2.24) is 5.32 Å². The molecule has 7 nitrogen and oxygen atoms in total. The van der Waals surface area contributed by atoms with Gasteiger partial charge in [-0.25, -0.2) is 9.59 Å². The normalized spacial score (nSPS) is 13.9. The highest BCUT2D eigenvalue weighted by Crippen LogP contribution is 2.20. The second-order valence-corrected chi connectivity index (χ2v) is 5.76. The van der Waals surface area contributed by atoms with Crippen molar-refractivity contribution in [3.63, 3.8) is 0 Å². The van der Waals surface area contributed by atoms with Crippen LogP contribution in [0.25, 0.3) is 0 Å². The van der Waals surface area contributed by atoms with E-state index in [4.69, 9.17) is 10.5 Å². The number of alkyl carbamates (subject to hydrolysis) is 1. The molecule has 0 heterocycles. The first-order chi connectivity index (χ1) is 10.1. The van der Waals surface area contributed by atoms with Crippen molar-refractivity contribution >= 4 is 17.7 Å². The van der Waals surface area contributed by atoms with E-state index in [1.54, 1.807) is 45.0 Å². The van der Waals surface area contributed by atoms with Gasteiger partial charge < -0.3 is 25.6 Å². The highest BCUT2D eigenvalue weighted by atomic mass is 16.6. The van der Waals surface area contributed by atoms with Crippen LogP contribution in [0.1, 0.15) is 32.4 Å². The zero-order valence-corrected chi connectivity index (χ0v) is 13.1. The quantitative estimate of drug-likeness (QED) is 0.572. The molecule has 0 aromatic heterocycles. The minimum absolute atomic E-state index is 0.498. The van der Waals surface area contributed by atoms with Gasteiger partial charge in [0, 0.05) is 5.69 Å². The van der Waals surface area contributed by atoms with E-state index >= 15 is 0 Å². The van der Waals surface area contributed by atoms with Crippen LogP contribution < -0.4 is 11.1 Å². The Morgan fingerprint density at radius 2 is 1.77 bits per heavy atom. The van der Waals surface area contributed by atoms with E-state index in [1.165, 1.54) is 0 Å². The number of amides is 1. The van der Waals surface area contributed by atoms with Crippen molar-refractivity contribution in [2.45, 2.75) is 38.5 Å². The summed E-state index contributed by atoms with van der Waals surface area (Å²) in [7, 11) is 1.15. The molecule has 0 fully saturated rings. The van der Waals surface area contributed by atoms with Crippen LogP contribution in [0.15, 0.2) is 24.3 Å². The molecule has 1 aromatic rings. The van der Waals surface area contributed by atoms with Crippen LogP contribution in [0.3, 0.4) is 0 Å². The Kier molecular flexibility index (Phi) is 5.76. The summed E-state index contributed by atoms with van der Waals surface area (Å²) < 4.78 is 9.65. The van der Waals surface area contributed by atoms with Crippen molar-refractivity contribution < 1.29 is 24.2 Å². The van der Waals surface area contributed by atoms with Crippen LogP contribution in [0, 0.1) is 0 Å². The Morgan fingerprint density at radius 3 is 2.23 bits per heavy atom. The van der Waals surface area contributed by atoms with Crippen LogP contribution >= 0.6 is 0 Å². The Bertz CT molecular complexity index is 522. The molecule has 7 heteroatoms. The van der Waals surface area contributed by atoms with E-state index in [-0.39, 0.29) is 0 Å². The van der Waals surface area contributed by atoms with Crippen molar-refractivity contribution in [3.8, 4) is 0 Å².